The van der Waals surface area contributed by atoms with Gasteiger partial charge in [-0.15, -0.1) is 0 Å². The Morgan fingerprint density at radius 2 is 1.76 bits per heavy atom. The number of halogens is 2. The van der Waals surface area contributed by atoms with Crippen LogP contribution in [0.15, 0.2) is 18.2 Å². The summed E-state index contributed by atoms with van der Waals surface area (Å²) in [7, 11) is 0. The number of aryl methyl sites for hydroxylation is 1. The minimum Gasteiger partial charge on any atom is -0.481 e. The maximum absolute atomic E-state index is 10.3. The number of aliphatic carboxylic acids is 1. The van der Waals surface area contributed by atoms with Gasteiger partial charge in [0.25, 0.3) is 0 Å². The minimum atomic E-state index is -0.698. The van der Waals surface area contributed by atoms with Gasteiger partial charge in [0.2, 0.25) is 0 Å². The molecular weight excluding hydrogens is 327 g/mol. The van der Waals surface area contributed by atoms with Gasteiger partial charge in [-0.05, 0) is 54.9 Å². The summed E-state index contributed by atoms with van der Waals surface area (Å²) in [5, 5.41) is 9.96. The van der Waals surface area contributed by atoms with E-state index in [4.69, 9.17) is 28.3 Å². The Morgan fingerprint density at radius 1 is 1.05 bits per heavy atom. The van der Waals surface area contributed by atoms with Gasteiger partial charge in [0, 0.05) is 16.5 Å². The lowest BCUT2D eigenvalue weighted by molar-refractivity contribution is -0.137. The topological polar surface area (TPSA) is 37.3 Å². The fourth-order valence-corrected chi connectivity index (χ4v) is 3.49. The fourth-order valence-electron chi connectivity index (χ4n) is 2.03. The molecule has 0 aromatic heterocycles. The first-order valence-corrected chi connectivity index (χ1v) is 9.24. The second-order valence-electron chi connectivity index (χ2n) is 5.01. The Morgan fingerprint density at radius 3 is 2.48 bits per heavy atom. The Hall–Kier alpha value is -0.380. The van der Waals surface area contributed by atoms with Crippen molar-refractivity contribution in [2.24, 2.45) is 0 Å². The van der Waals surface area contributed by atoms with Crippen LogP contribution in [0.3, 0.4) is 0 Å². The van der Waals surface area contributed by atoms with Crippen LogP contribution in [-0.4, -0.2) is 22.6 Å². The van der Waals surface area contributed by atoms with Crippen LogP contribution in [0.25, 0.3) is 0 Å². The molecule has 0 aliphatic rings. The van der Waals surface area contributed by atoms with Crippen molar-refractivity contribution in [1.82, 2.24) is 0 Å². The first-order valence-electron chi connectivity index (χ1n) is 7.33. The van der Waals surface area contributed by atoms with E-state index in [1.165, 1.54) is 24.8 Å². The Labute approximate surface area is 141 Å². The summed E-state index contributed by atoms with van der Waals surface area (Å²) in [5.74, 6) is 1.38. The molecule has 0 unspecified atom stereocenters. The summed E-state index contributed by atoms with van der Waals surface area (Å²) in [6.45, 7) is 0. The van der Waals surface area contributed by atoms with E-state index in [0.29, 0.717) is 5.02 Å². The molecule has 1 rings (SSSR count). The standard InChI is InChI=1S/C16H22Cl2O2S/c17-14-9-8-13(15(18)12-14)6-3-1-2-4-10-21-11-5-7-16(19)20/h8-9,12H,1-7,10-11H2,(H,19,20). The number of rotatable bonds is 11. The third-order valence-corrected chi connectivity index (χ3v) is 4.92. The van der Waals surface area contributed by atoms with Gasteiger partial charge >= 0.3 is 5.97 Å². The van der Waals surface area contributed by atoms with Crippen LogP contribution in [0.1, 0.15) is 44.1 Å². The van der Waals surface area contributed by atoms with Gasteiger partial charge in [-0.2, -0.15) is 11.8 Å². The van der Waals surface area contributed by atoms with Gasteiger partial charge in [-0.1, -0.05) is 42.1 Å². The normalized spacial score (nSPS) is 10.8. The highest BCUT2D eigenvalue weighted by Gasteiger charge is 2.01. The molecule has 1 aromatic rings. The molecule has 0 aliphatic carbocycles. The van der Waals surface area contributed by atoms with Crippen molar-refractivity contribution in [1.29, 1.82) is 0 Å². The molecule has 2 nitrogen and oxygen atoms in total. The summed E-state index contributed by atoms with van der Waals surface area (Å²) in [6.07, 6.45) is 6.83. The Bertz CT molecular complexity index is 438. The highest BCUT2D eigenvalue weighted by Crippen LogP contribution is 2.22. The van der Waals surface area contributed by atoms with Crippen molar-refractivity contribution >= 4 is 40.9 Å². The highest BCUT2D eigenvalue weighted by molar-refractivity contribution is 7.99. The van der Waals surface area contributed by atoms with Gasteiger partial charge < -0.3 is 5.11 Å². The van der Waals surface area contributed by atoms with Crippen molar-refractivity contribution in [3.63, 3.8) is 0 Å². The number of hydrogen-bond acceptors (Lipinski definition) is 2. The number of carboxylic acid groups (broad SMARTS) is 1. The molecule has 0 aliphatic heterocycles. The van der Waals surface area contributed by atoms with Crippen LogP contribution in [0, 0.1) is 0 Å². The van der Waals surface area contributed by atoms with Crippen LogP contribution in [0.2, 0.25) is 10.0 Å². The first-order chi connectivity index (χ1) is 10.1. The molecule has 21 heavy (non-hydrogen) atoms. The third kappa shape index (κ3) is 9.28. The smallest absolute Gasteiger partial charge is 0.303 e. The summed E-state index contributed by atoms with van der Waals surface area (Å²) < 4.78 is 0. The van der Waals surface area contributed by atoms with Gasteiger partial charge in [0.1, 0.15) is 0 Å². The van der Waals surface area contributed by atoms with E-state index >= 15 is 0 Å². The molecule has 5 heteroatoms. The van der Waals surface area contributed by atoms with Gasteiger partial charge in [0.05, 0.1) is 0 Å². The molecule has 0 saturated carbocycles. The molecule has 1 N–H and O–H groups in total. The number of unbranched alkanes of at least 4 members (excludes halogenated alkanes) is 3. The minimum absolute atomic E-state index is 0.287. The van der Waals surface area contributed by atoms with Crippen LogP contribution >= 0.6 is 35.0 Å². The fraction of sp³-hybridized carbons (Fsp3) is 0.562. The van der Waals surface area contributed by atoms with E-state index in [1.54, 1.807) is 6.07 Å². The first kappa shape index (κ1) is 18.7. The lowest BCUT2D eigenvalue weighted by Crippen LogP contribution is -1.95. The van der Waals surface area contributed by atoms with E-state index in [-0.39, 0.29) is 6.42 Å². The molecule has 0 spiro atoms. The van der Waals surface area contributed by atoms with Crippen molar-refractivity contribution in [3.8, 4) is 0 Å². The third-order valence-electron chi connectivity index (χ3n) is 3.18. The predicted octanol–water partition coefficient (Wildman–Crippen LogP) is 5.69. The van der Waals surface area contributed by atoms with E-state index < -0.39 is 5.97 Å². The van der Waals surface area contributed by atoms with E-state index in [9.17, 15) is 4.79 Å². The lowest BCUT2D eigenvalue weighted by Gasteiger charge is -2.05. The van der Waals surface area contributed by atoms with Crippen LogP contribution in [0.5, 0.6) is 0 Å². The number of carbonyl (C=O) groups is 1. The SMILES string of the molecule is O=C(O)CCCSCCCCCCc1ccc(Cl)cc1Cl. The average Bonchev–Trinajstić information content (AvgIpc) is 2.42. The molecule has 0 heterocycles. The monoisotopic (exact) mass is 348 g/mol. The zero-order valence-corrected chi connectivity index (χ0v) is 14.4. The molecule has 118 valence electrons. The molecule has 0 amide bonds. The van der Waals surface area contributed by atoms with E-state index in [0.717, 1.165) is 35.8 Å². The molecule has 0 fully saturated rings. The Kier molecular flexibility index (Phi) is 9.98. The van der Waals surface area contributed by atoms with Gasteiger partial charge in [0.15, 0.2) is 0 Å². The quantitative estimate of drug-likeness (QED) is 0.521. The van der Waals surface area contributed by atoms with Crippen molar-refractivity contribution in [2.45, 2.75) is 44.9 Å². The Balaban J connectivity index is 1.96. The second-order valence-corrected chi connectivity index (χ2v) is 7.08. The highest BCUT2D eigenvalue weighted by atomic mass is 35.5. The molecule has 0 saturated heterocycles. The molecular formula is C16H22Cl2O2S. The molecule has 0 bridgehead atoms. The lowest BCUT2D eigenvalue weighted by atomic mass is 10.1. The summed E-state index contributed by atoms with van der Waals surface area (Å²) in [4.78, 5) is 10.3. The van der Waals surface area contributed by atoms with Gasteiger partial charge in [-0.25, -0.2) is 0 Å². The average molecular weight is 349 g/mol. The van der Waals surface area contributed by atoms with Crippen LogP contribution in [0.4, 0.5) is 0 Å². The molecule has 1 aromatic carbocycles. The zero-order chi connectivity index (χ0) is 15.5. The molecule has 0 radical (unpaired) electrons. The summed E-state index contributed by atoms with van der Waals surface area (Å²) in [6, 6.07) is 5.69. The predicted molar refractivity (Wildman–Crippen MR) is 92.8 cm³/mol. The summed E-state index contributed by atoms with van der Waals surface area (Å²) >= 11 is 13.9. The number of thioether (sulfide) groups is 1. The summed E-state index contributed by atoms with van der Waals surface area (Å²) in [5.41, 5.74) is 1.17. The number of benzene rings is 1. The zero-order valence-electron chi connectivity index (χ0n) is 12.1. The van der Waals surface area contributed by atoms with Crippen molar-refractivity contribution < 1.29 is 9.90 Å². The van der Waals surface area contributed by atoms with Gasteiger partial charge in [-0.3, -0.25) is 4.79 Å². The molecule has 0 atom stereocenters. The maximum Gasteiger partial charge on any atom is 0.303 e. The number of carboxylic acids is 1. The largest absolute Gasteiger partial charge is 0.481 e. The van der Waals surface area contributed by atoms with Crippen LogP contribution < -0.4 is 0 Å². The maximum atomic E-state index is 10.3. The number of hydrogen-bond donors (Lipinski definition) is 1. The van der Waals surface area contributed by atoms with Crippen LogP contribution in [-0.2, 0) is 11.2 Å². The van der Waals surface area contributed by atoms with E-state index in [2.05, 4.69) is 0 Å². The van der Waals surface area contributed by atoms with Crippen molar-refractivity contribution in [3.05, 3.63) is 33.8 Å². The van der Waals surface area contributed by atoms with Crippen molar-refractivity contribution in [2.75, 3.05) is 11.5 Å². The second kappa shape index (κ2) is 11.2. The van der Waals surface area contributed by atoms with E-state index in [1.807, 2.05) is 23.9 Å².